The Morgan fingerprint density at radius 3 is 2.81 bits per heavy atom. The Morgan fingerprint density at radius 2 is 2.00 bits per heavy atom. The van der Waals surface area contributed by atoms with Crippen molar-refractivity contribution in [1.29, 1.82) is 0 Å². The van der Waals surface area contributed by atoms with E-state index >= 15 is 0 Å². The zero-order chi connectivity index (χ0) is 14.7. The molecule has 1 aliphatic heterocycles. The standard InChI is InChI=1S/C18H25NO2/c1-13-7-14(2)9-15(8-13)10-19-11-16-12-20-17-5-3-4-6-18(17)21-16/h3-7,13,15-16,19H,8-12H2,1-2H3. The van der Waals surface area contributed by atoms with E-state index in [0.29, 0.717) is 12.5 Å². The molecule has 0 bridgehead atoms. The van der Waals surface area contributed by atoms with Crippen LogP contribution in [0.5, 0.6) is 11.5 Å². The molecule has 0 saturated carbocycles. The van der Waals surface area contributed by atoms with Gasteiger partial charge in [-0.2, -0.15) is 0 Å². The zero-order valence-electron chi connectivity index (χ0n) is 13.0. The van der Waals surface area contributed by atoms with Gasteiger partial charge in [-0.1, -0.05) is 30.7 Å². The molecule has 0 amide bonds. The molecule has 3 nitrogen and oxygen atoms in total. The molecule has 3 atom stereocenters. The van der Waals surface area contributed by atoms with E-state index in [-0.39, 0.29) is 6.10 Å². The van der Waals surface area contributed by atoms with Crippen LogP contribution in [0.25, 0.3) is 0 Å². The minimum absolute atomic E-state index is 0.109. The van der Waals surface area contributed by atoms with E-state index in [9.17, 15) is 0 Å². The molecule has 0 aromatic heterocycles. The van der Waals surface area contributed by atoms with Crippen molar-refractivity contribution in [3.05, 3.63) is 35.9 Å². The molecule has 0 spiro atoms. The molecule has 3 heteroatoms. The summed E-state index contributed by atoms with van der Waals surface area (Å²) in [6, 6.07) is 7.88. The van der Waals surface area contributed by atoms with Gasteiger partial charge in [0.2, 0.25) is 0 Å². The largest absolute Gasteiger partial charge is 0.486 e. The first kappa shape index (κ1) is 14.5. The quantitative estimate of drug-likeness (QED) is 0.861. The molecule has 1 aromatic carbocycles. The van der Waals surface area contributed by atoms with Crippen LogP contribution in [0.3, 0.4) is 0 Å². The summed E-state index contributed by atoms with van der Waals surface area (Å²) < 4.78 is 11.7. The molecular formula is C18H25NO2. The van der Waals surface area contributed by atoms with Gasteiger partial charge in [-0.15, -0.1) is 0 Å². The topological polar surface area (TPSA) is 30.5 Å². The van der Waals surface area contributed by atoms with Gasteiger partial charge in [-0.25, -0.2) is 0 Å². The Balaban J connectivity index is 1.44. The fourth-order valence-corrected chi connectivity index (χ4v) is 3.45. The van der Waals surface area contributed by atoms with E-state index in [4.69, 9.17) is 9.47 Å². The number of nitrogens with one attached hydrogen (secondary N) is 1. The highest BCUT2D eigenvalue weighted by Gasteiger charge is 2.22. The molecular weight excluding hydrogens is 262 g/mol. The summed E-state index contributed by atoms with van der Waals surface area (Å²) in [4.78, 5) is 0. The predicted octanol–water partition coefficient (Wildman–Crippen LogP) is 3.41. The van der Waals surface area contributed by atoms with Crippen molar-refractivity contribution < 1.29 is 9.47 Å². The predicted molar refractivity (Wildman–Crippen MR) is 84.9 cm³/mol. The molecule has 0 saturated heterocycles. The minimum atomic E-state index is 0.109. The van der Waals surface area contributed by atoms with E-state index in [1.807, 2.05) is 24.3 Å². The average Bonchev–Trinajstić information content (AvgIpc) is 2.46. The summed E-state index contributed by atoms with van der Waals surface area (Å²) in [7, 11) is 0. The molecule has 21 heavy (non-hydrogen) atoms. The smallest absolute Gasteiger partial charge is 0.161 e. The van der Waals surface area contributed by atoms with Gasteiger partial charge >= 0.3 is 0 Å². The summed E-state index contributed by atoms with van der Waals surface area (Å²) >= 11 is 0. The van der Waals surface area contributed by atoms with Crippen LogP contribution in [0.2, 0.25) is 0 Å². The molecule has 1 aliphatic carbocycles. The Kier molecular flexibility index (Phi) is 4.49. The van der Waals surface area contributed by atoms with Crippen LogP contribution in [0, 0.1) is 11.8 Å². The van der Waals surface area contributed by atoms with Crippen LogP contribution in [0.15, 0.2) is 35.9 Å². The lowest BCUT2D eigenvalue weighted by Gasteiger charge is -2.29. The molecule has 1 heterocycles. The number of hydrogen-bond donors (Lipinski definition) is 1. The maximum atomic E-state index is 5.96. The van der Waals surface area contributed by atoms with E-state index in [1.165, 1.54) is 18.4 Å². The lowest BCUT2D eigenvalue weighted by molar-refractivity contribution is 0.0894. The monoisotopic (exact) mass is 287 g/mol. The third-order valence-electron chi connectivity index (χ3n) is 4.26. The van der Waals surface area contributed by atoms with Gasteiger partial charge in [0.25, 0.3) is 0 Å². The number of hydrogen-bond acceptors (Lipinski definition) is 3. The van der Waals surface area contributed by atoms with Crippen LogP contribution in [0.1, 0.15) is 26.7 Å². The Morgan fingerprint density at radius 1 is 1.19 bits per heavy atom. The number of allylic oxidation sites excluding steroid dienone is 2. The van der Waals surface area contributed by atoms with E-state index in [1.54, 1.807) is 0 Å². The molecule has 1 N–H and O–H groups in total. The first-order valence-corrected chi connectivity index (χ1v) is 7.97. The second-order valence-corrected chi connectivity index (χ2v) is 6.45. The van der Waals surface area contributed by atoms with Gasteiger partial charge < -0.3 is 14.8 Å². The van der Waals surface area contributed by atoms with Crippen LogP contribution < -0.4 is 14.8 Å². The third-order valence-corrected chi connectivity index (χ3v) is 4.26. The summed E-state index contributed by atoms with van der Waals surface area (Å²) in [6.07, 6.45) is 5.03. The van der Waals surface area contributed by atoms with Gasteiger partial charge in [0.15, 0.2) is 11.5 Å². The fraction of sp³-hybridized carbons (Fsp3) is 0.556. The molecule has 0 radical (unpaired) electrons. The maximum Gasteiger partial charge on any atom is 0.161 e. The summed E-state index contributed by atoms with van der Waals surface area (Å²) in [6.45, 7) is 7.10. The van der Waals surface area contributed by atoms with Crippen molar-refractivity contribution in [3.63, 3.8) is 0 Å². The first-order chi connectivity index (χ1) is 10.2. The molecule has 114 valence electrons. The van der Waals surface area contributed by atoms with Crippen molar-refractivity contribution in [3.8, 4) is 11.5 Å². The second kappa shape index (κ2) is 6.52. The summed E-state index contributed by atoms with van der Waals surface area (Å²) in [5.74, 6) is 3.18. The summed E-state index contributed by atoms with van der Waals surface area (Å²) in [5.41, 5.74) is 1.53. The molecule has 0 fully saturated rings. The SMILES string of the molecule is CC1=CC(C)CC(CNCC2COc3ccccc3O2)C1. The molecule has 2 aliphatic rings. The van der Waals surface area contributed by atoms with Crippen molar-refractivity contribution in [2.45, 2.75) is 32.8 Å². The highest BCUT2D eigenvalue weighted by molar-refractivity contribution is 5.40. The number of para-hydroxylation sites is 2. The van der Waals surface area contributed by atoms with Gasteiger partial charge in [0.1, 0.15) is 12.7 Å². The van der Waals surface area contributed by atoms with Crippen molar-refractivity contribution >= 4 is 0 Å². The Bertz CT molecular complexity index is 512. The molecule has 3 unspecified atom stereocenters. The number of fused-ring (bicyclic) bond motifs is 1. The number of ether oxygens (including phenoxy) is 2. The fourth-order valence-electron chi connectivity index (χ4n) is 3.45. The van der Waals surface area contributed by atoms with Crippen LogP contribution in [-0.2, 0) is 0 Å². The normalized spacial score (nSPS) is 28.1. The van der Waals surface area contributed by atoms with Gasteiger partial charge in [-0.3, -0.25) is 0 Å². The van der Waals surface area contributed by atoms with Crippen LogP contribution >= 0.6 is 0 Å². The van der Waals surface area contributed by atoms with Crippen molar-refractivity contribution in [2.75, 3.05) is 19.7 Å². The van der Waals surface area contributed by atoms with E-state index < -0.39 is 0 Å². The highest BCUT2D eigenvalue weighted by Crippen LogP contribution is 2.31. The lowest BCUT2D eigenvalue weighted by Crippen LogP contribution is -2.40. The van der Waals surface area contributed by atoms with Crippen molar-refractivity contribution in [2.24, 2.45) is 11.8 Å². The van der Waals surface area contributed by atoms with E-state index in [0.717, 1.165) is 30.5 Å². The van der Waals surface area contributed by atoms with Gasteiger partial charge in [-0.05, 0) is 50.3 Å². The highest BCUT2D eigenvalue weighted by atomic mass is 16.6. The number of benzene rings is 1. The van der Waals surface area contributed by atoms with Gasteiger partial charge in [0.05, 0.1) is 0 Å². The third kappa shape index (κ3) is 3.79. The van der Waals surface area contributed by atoms with Crippen molar-refractivity contribution in [1.82, 2.24) is 5.32 Å². The Labute approximate surface area is 127 Å². The molecule has 3 rings (SSSR count). The van der Waals surface area contributed by atoms with Crippen LogP contribution in [0.4, 0.5) is 0 Å². The Hall–Kier alpha value is -1.48. The van der Waals surface area contributed by atoms with Crippen LogP contribution in [-0.4, -0.2) is 25.8 Å². The zero-order valence-corrected chi connectivity index (χ0v) is 13.0. The number of rotatable bonds is 4. The second-order valence-electron chi connectivity index (χ2n) is 6.45. The lowest BCUT2D eigenvalue weighted by atomic mass is 9.84. The maximum absolute atomic E-state index is 5.96. The summed E-state index contributed by atoms with van der Waals surface area (Å²) in [5, 5.41) is 3.56. The van der Waals surface area contributed by atoms with Gasteiger partial charge in [0, 0.05) is 6.54 Å². The first-order valence-electron chi connectivity index (χ1n) is 7.97. The minimum Gasteiger partial charge on any atom is -0.486 e. The van der Waals surface area contributed by atoms with E-state index in [2.05, 4.69) is 25.2 Å². The molecule has 1 aromatic rings. The average molecular weight is 287 g/mol.